The van der Waals surface area contributed by atoms with Crippen LogP contribution in [0.1, 0.15) is 34.5 Å². The summed E-state index contributed by atoms with van der Waals surface area (Å²) >= 11 is 1.60. The van der Waals surface area contributed by atoms with E-state index in [4.69, 9.17) is 0 Å². The molecule has 0 spiro atoms. The second kappa shape index (κ2) is 6.94. The molecular weight excluding hydrogens is 306 g/mol. The Kier molecular flexibility index (Phi) is 4.74. The Morgan fingerprint density at radius 1 is 1.17 bits per heavy atom. The molecule has 4 heteroatoms. The fourth-order valence-electron chi connectivity index (χ4n) is 2.55. The summed E-state index contributed by atoms with van der Waals surface area (Å²) in [6, 6.07) is 15.5. The van der Waals surface area contributed by atoms with Crippen molar-refractivity contribution in [3.8, 4) is 0 Å². The first-order chi connectivity index (χ1) is 11.2. The lowest BCUT2D eigenvalue weighted by Gasteiger charge is -2.12. The normalized spacial score (nSPS) is 12.3. The zero-order chi connectivity index (χ0) is 16.2. The predicted molar refractivity (Wildman–Crippen MR) is 94.9 cm³/mol. The fourth-order valence-corrected chi connectivity index (χ4v) is 3.56. The summed E-state index contributed by atoms with van der Waals surface area (Å²) in [5.41, 5.74) is 2.68. The molecule has 23 heavy (non-hydrogen) atoms. The molecule has 1 aromatic heterocycles. The largest absolute Gasteiger partial charge is 0.387 e. The number of nitrogens with one attached hydrogen (secondary N) is 1. The highest BCUT2D eigenvalue weighted by atomic mass is 32.1. The van der Waals surface area contributed by atoms with Gasteiger partial charge in [-0.15, -0.1) is 11.3 Å². The molecule has 3 nitrogen and oxygen atoms in total. The maximum atomic E-state index is 12.2. The summed E-state index contributed by atoms with van der Waals surface area (Å²) in [6.07, 6.45) is 0.247. The third-order valence-electron chi connectivity index (χ3n) is 3.95. The van der Waals surface area contributed by atoms with Crippen LogP contribution in [0, 0.1) is 0 Å². The zero-order valence-electron chi connectivity index (χ0n) is 13.0. The molecule has 2 aromatic carbocycles. The summed E-state index contributed by atoms with van der Waals surface area (Å²) < 4.78 is 1.14. The van der Waals surface area contributed by atoms with Crippen molar-refractivity contribution in [1.82, 2.24) is 5.32 Å². The van der Waals surface area contributed by atoms with Crippen LogP contribution in [0.4, 0.5) is 0 Å². The molecule has 1 atom stereocenters. The van der Waals surface area contributed by atoms with Crippen molar-refractivity contribution in [2.75, 3.05) is 6.54 Å². The molecule has 2 N–H and O–H groups in total. The van der Waals surface area contributed by atoms with Gasteiger partial charge in [-0.1, -0.05) is 37.3 Å². The van der Waals surface area contributed by atoms with E-state index in [0.717, 1.165) is 22.1 Å². The van der Waals surface area contributed by atoms with Crippen LogP contribution in [0.15, 0.2) is 53.9 Å². The lowest BCUT2D eigenvalue weighted by atomic mass is 10.1. The Balaban J connectivity index is 1.66. The van der Waals surface area contributed by atoms with Gasteiger partial charge in [0.15, 0.2) is 0 Å². The number of fused-ring (bicyclic) bond motifs is 1. The highest BCUT2D eigenvalue weighted by Gasteiger charge is 2.14. The Labute approximate surface area is 139 Å². The predicted octanol–water partition coefficient (Wildman–Crippen LogP) is 3.93. The number of carbonyl (C=O) groups is 1. The molecule has 0 fully saturated rings. The molecule has 0 aliphatic heterocycles. The van der Waals surface area contributed by atoms with Crippen molar-refractivity contribution in [1.29, 1.82) is 0 Å². The van der Waals surface area contributed by atoms with Gasteiger partial charge in [-0.3, -0.25) is 4.79 Å². The van der Waals surface area contributed by atoms with Gasteiger partial charge >= 0.3 is 0 Å². The van der Waals surface area contributed by atoms with Gasteiger partial charge in [-0.25, -0.2) is 0 Å². The zero-order valence-corrected chi connectivity index (χ0v) is 13.8. The Hall–Kier alpha value is -2.17. The van der Waals surface area contributed by atoms with Crippen molar-refractivity contribution in [2.24, 2.45) is 0 Å². The number of hydrogen-bond acceptors (Lipinski definition) is 3. The van der Waals surface area contributed by atoms with Gasteiger partial charge in [0.05, 0.1) is 6.10 Å². The number of aryl methyl sites for hydroxylation is 1. The maximum absolute atomic E-state index is 12.2. The first kappa shape index (κ1) is 15.7. The van der Waals surface area contributed by atoms with Crippen molar-refractivity contribution in [2.45, 2.75) is 19.4 Å². The summed E-state index contributed by atoms with van der Waals surface area (Å²) in [6.45, 7) is 2.28. The van der Waals surface area contributed by atoms with Crippen LogP contribution in [0.3, 0.4) is 0 Å². The van der Waals surface area contributed by atoms with E-state index in [1.807, 2.05) is 53.9 Å². The second-order valence-corrected chi connectivity index (χ2v) is 6.37. The molecule has 1 heterocycles. The van der Waals surface area contributed by atoms with Gasteiger partial charge in [0.25, 0.3) is 5.91 Å². The van der Waals surface area contributed by atoms with Gasteiger partial charge in [0.2, 0.25) is 0 Å². The van der Waals surface area contributed by atoms with Crippen LogP contribution in [0.5, 0.6) is 0 Å². The molecule has 3 aromatic rings. The van der Waals surface area contributed by atoms with Crippen molar-refractivity contribution in [3.05, 3.63) is 70.6 Å². The van der Waals surface area contributed by atoms with Crippen LogP contribution < -0.4 is 5.32 Å². The second-order valence-electron chi connectivity index (χ2n) is 5.46. The van der Waals surface area contributed by atoms with E-state index in [2.05, 4.69) is 12.2 Å². The van der Waals surface area contributed by atoms with E-state index in [1.54, 1.807) is 11.3 Å². The molecule has 0 saturated heterocycles. The monoisotopic (exact) mass is 325 g/mol. The van der Waals surface area contributed by atoms with Crippen LogP contribution in [-0.4, -0.2) is 17.6 Å². The SMILES string of the molecule is CCc1ccc(C(=O)NCC(O)c2csc3ccccc23)cc1. The van der Waals surface area contributed by atoms with E-state index in [0.29, 0.717) is 5.56 Å². The van der Waals surface area contributed by atoms with Gasteiger partial charge < -0.3 is 10.4 Å². The summed E-state index contributed by atoms with van der Waals surface area (Å²) in [5, 5.41) is 16.2. The van der Waals surface area contributed by atoms with E-state index in [9.17, 15) is 9.90 Å². The first-order valence-corrected chi connectivity index (χ1v) is 8.58. The lowest BCUT2D eigenvalue weighted by Crippen LogP contribution is -2.28. The number of aliphatic hydroxyl groups is 1. The van der Waals surface area contributed by atoms with Crippen LogP contribution in [0.2, 0.25) is 0 Å². The van der Waals surface area contributed by atoms with E-state index in [-0.39, 0.29) is 12.5 Å². The molecule has 0 aliphatic carbocycles. The van der Waals surface area contributed by atoms with Crippen LogP contribution in [-0.2, 0) is 6.42 Å². The third kappa shape index (κ3) is 3.44. The molecule has 3 rings (SSSR count). The maximum Gasteiger partial charge on any atom is 0.251 e. The molecule has 0 radical (unpaired) electrons. The average Bonchev–Trinajstić information content (AvgIpc) is 3.03. The summed E-state index contributed by atoms with van der Waals surface area (Å²) in [5.74, 6) is -0.161. The van der Waals surface area contributed by atoms with E-state index in [1.165, 1.54) is 5.56 Å². The van der Waals surface area contributed by atoms with E-state index < -0.39 is 6.10 Å². The minimum absolute atomic E-state index is 0.161. The van der Waals surface area contributed by atoms with Gasteiger partial charge in [-0.05, 0) is 40.9 Å². The van der Waals surface area contributed by atoms with Crippen LogP contribution >= 0.6 is 11.3 Å². The number of benzene rings is 2. The smallest absolute Gasteiger partial charge is 0.251 e. The number of rotatable bonds is 5. The Bertz CT molecular complexity index is 808. The number of thiophene rings is 1. The standard InChI is InChI=1S/C19H19NO2S/c1-2-13-7-9-14(10-8-13)19(22)20-11-17(21)16-12-23-18-6-4-3-5-15(16)18/h3-10,12,17,21H,2,11H2,1H3,(H,20,22). The van der Waals surface area contributed by atoms with Gasteiger partial charge in [0.1, 0.15) is 0 Å². The van der Waals surface area contributed by atoms with Crippen molar-refractivity contribution < 1.29 is 9.90 Å². The minimum atomic E-state index is -0.704. The quantitative estimate of drug-likeness (QED) is 0.747. The highest BCUT2D eigenvalue weighted by Crippen LogP contribution is 2.29. The number of aliphatic hydroxyl groups excluding tert-OH is 1. The van der Waals surface area contributed by atoms with E-state index >= 15 is 0 Å². The molecule has 118 valence electrons. The van der Waals surface area contributed by atoms with Crippen molar-refractivity contribution in [3.63, 3.8) is 0 Å². The van der Waals surface area contributed by atoms with Crippen molar-refractivity contribution >= 4 is 27.3 Å². The third-order valence-corrected chi connectivity index (χ3v) is 4.93. The minimum Gasteiger partial charge on any atom is -0.387 e. The number of amides is 1. The molecule has 1 unspecified atom stereocenters. The fraction of sp³-hybridized carbons (Fsp3) is 0.211. The Morgan fingerprint density at radius 2 is 1.91 bits per heavy atom. The van der Waals surface area contributed by atoms with Gasteiger partial charge in [-0.2, -0.15) is 0 Å². The number of hydrogen-bond donors (Lipinski definition) is 2. The first-order valence-electron chi connectivity index (χ1n) is 7.70. The van der Waals surface area contributed by atoms with Gasteiger partial charge in [0, 0.05) is 22.4 Å². The summed E-state index contributed by atoms with van der Waals surface area (Å²) in [4.78, 5) is 12.2. The van der Waals surface area contributed by atoms with Crippen LogP contribution in [0.25, 0.3) is 10.1 Å². The average molecular weight is 325 g/mol. The molecule has 0 bridgehead atoms. The number of carbonyl (C=O) groups excluding carboxylic acids is 1. The molecule has 1 amide bonds. The molecule has 0 aliphatic rings. The molecular formula is C19H19NO2S. The Morgan fingerprint density at radius 3 is 2.65 bits per heavy atom. The summed E-state index contributed by atoms with van der Waals surface area (Å²) in [7, 11) is 0. The lowest BCUT2D eigenvalue weighted by molar-refractivity contribution is 0.0917. The highest BCUT2D eigenvalue weighted by molar-refractivity contribution is 7.17. The topological polar surface area (TPSA) is 49.3 Å². The molecule has 0 saturated carbocycles.